The number of anilines is 1. The molecule has 4 aromatic heterocycles. The molecule has 1 aromatic carbocycles. The molecule has 7 heteroatoms. The van der Waals surface area contributed by atoms with Gasteiger partial charge < -0.3 is 19.7 Å². The van der Waals surface area contributed by atoms with Gasteiger partial charge in [-0.15, -0.1) is 0 Å². The standard InChI is InChI=1S/C27H28N6O/c1-17-26(19(3)34-32-17)21-13-25-27(30-14-21)23(20-8-10-22(11-9-20)31-16-28-4)15-33(25)18(2)24-7-5-6-12-29-24/h5-15,18,28,31H,16H2,1-4H3/t18-/m0/s1. The predicted octanol–water partition coefficient (Wildman–Crippen LogP) is 5.57. The number of benzene rings is 1. The summed E-state index contributed by atoms with van der Waals surface area (Å²) in [6.07, 6.45) is 5.93. The van der Waals surface area contributed by atoms with Crippen LogP contribution in [0.25, 0.3) is 33.3 Å². The zero-order valence-corrected chi connectivity index (χ0v) is 19.8. The molecular formula is C27H28N6O. The van der Waals surface area contributed by atoms with Crippen molar-refractivity contribution in [2.75, 3.05) is 19.0 Å². The van der Waals surface area contributed by atoms with Gasteiger partial charge in [0.1, 0.15) is 5.76 Å². The van der Waals surface area contributed by atoms with Crippen LogP contribution in [0, 0.1) is 13.8 Å². The van der Waals surface area contributed by atoms with Gasteiger partial charge in [0, 0.05) is 41.0 Å². The van der Waals surface area contributed by atoms with E-state index in [1.165, 1.54) is 0 Å². The van der Waals surface area contributed by atoms with Crippen LogP contribution in [-0.2, 0) is 0 Å². The molecule has 0 amide bonds. The Hall–Kier alpha value is -3.97. The van der Waals surface area contributed by atoms with Gasteiger partial charge in [-0.25, -0.2) is 0 Å². The van der Waals surface area contributed by atoms with Gasteiger partial charge >= 0.3 is 0 Å². The van der Waals surface area contributed by atoms with Crippen LogP contribution in [0.15, 0.2) is 71.6 Å². The summed E-state index contributed by atoms with van der Waals surface area (Å²) in [7, 11) is 1.92. The van der Waals surface area contributed by atoms with Crippen LogP contribution in [-0.4, -0.2) is 33.4 Å². The van der Waals surface area contributed by atoms with Crippen LogP contribution < -0.4 is 10.6 Å². The van der Waals surface area contributed by atoms with Crippen molar-refractivity contribution in [1.82, 2.24) is 25.0 Å². The van der Waals surface area contributed by atoms with Gasteiger partial charge in [0.2, 0.25) is 0 Å². The lowest BCUT2D eigenvalue weighted by atomic mass is 10.0. The van der Waals surface area contributed by atoms with Crippen molar-refractivity contribution in [1.29, 1.82) is 0 Å². The van der Waals surface area contributed by atoms with Gasteiger partial charge in [0.15, 0.2) is 0 Å². The molecule has 5 rings (SSSR count). The van der Waals surface area contributed by atoms with Crippen LogP contribution in [0.2, 0.25) is 0 Å². The normalized spacial score (nSPS) is 12.2. The van der Waals surface area contributed by atoms with Gasteiger partial charge in [-0.05, 0) is 63.7 Å². The highest BCUT2D eigenvalue weighted by Crippen LogP contribution is 2.36. The van der Waals surface area contributed by atoms with Crippen LogP contribution in [0.3, 0.4) is 0 Å². The van der Waals surface area contributed by atoms with Gasteiger partial charge in [0.05, 0.1) is 35.1 Å². The lowest BCUT2D eigenvalue weighted by Gasteiger charge is -2.15. The topological polar surface area (TPSA) is 80.8 Å². The van der Waals surface area contributed by atoms with E-state index >= 15 is 0 Å². The average Bonchev–Trinajstić information content (AvgIpc) is 3.42. The molecule has 172 valence electrons. The number of nitrogens with one attached hydrogen (secondary N) is 2. The minimum Gasteiger partial charge on any atom is -0.372 e. The second-order valence-corrected chi connectivity index (χ2v) is 8.46. The third-order valence-electron chi connectivity index (χ3n) is 6.19. The number of pyridine rings is 2. The quantitative estimate of drug-likeness (QED) is 0.314. The van der Waals surface area contributed by atoms with Crippen LogP contribution in [0.4, 0.5) is 5.69 Å². The van der Waals surface area contributed by atoms with Crippen LogP contribution >= 0.6 is 0 Å². The summed E-state index contributed by atoms with van der Waals surface area (Å²) < 4.78 is 7.68. The molecule has 0 radical (unpaired) electrons. The number of nitrogens with zero attached hydrogens (tertiary/aromatic N) is 4. The fourth-order valence-corrected chi connectivity index (χ4v) is 4.41. The molecule has 0 aliphatic rings. The van der Waals surface area contributed by atoms with E-state index < -0.39 is 0 Å². The minimum absolute atomic E-state index is 0.0377. The smallest absolute Gasteiger partial charge is 0.141 e. The first-order valence-corrected chi connectivity index (χ1v) is 11.4. The molecule has 0 saturated heterocycles. The maximum absolute atomic E-state index is 5.42. The third-order valence-corrected chi connectivity index (χ3v) is 6.19. The van der Waals surface area contributed by atoms with Crippen molar-refractivity contribution in [2.24, 2.45) is 0 Å². The highest BCUT2D eigenvalue weighted by atomic mass is 16.5. The Balaban J connectivity index is 1.66. The molecule has 1 atom stereocenters. The minimum atomic E-state index is 0.0377. The Morgan fingerprint density at radius 3 is 2.53 bits per heavy atom. The molecule has 0 bridgehead atoms. The number of hydrogen-bond acceptors (Lipinski definition) is 6. The summed E-state index contributed by atoms with van der Waals surface area (Å²) in [5, 5.41) is 10.6. The van der Waals surface area contributed by atoms with E-state index in [1.807, 2.05) is 45.4 Å². The molecule has 0 unspecified atom stereocenters. The molecule has 0 saturated carbocycles. The molecule has 34 heavy (non-hydrogen) atoms. The lowest BCUT2D eigenvalue weighted by molar-refractivity contribution is 0.393. The Morgan fingerprint density at radius 1 is 1.03 bits per heavy atom. The highest BCUT2D eigenvalue weighted by molar-refractivity contribution is 5.95. The van der Waals surface area contributed by atoms with Crippen LogP contribution in [0.1, 0.15) is 30.1 Å². The summed E-state index contributed by atoms with van der Waals surface area (Å²) in [6, 6.07) is 16.7. The van der Waals surface area contributed by atoms with E-state index in [0.717, 1.165) is 56.1 Å². The molecule has 0 fully saturated rings. The molecule has 0 aliphatic heterocycles. The first-order valence-electron chi connectivity index (χ1n) is 11.4. The number of aromatic nitrogens is 4. The van der Waals surface area contributed by atoms with Crippen molar-refractivity contribution < 1.29 is 4.52 Å². The van der Waals surface area contributed by atoms with E-state index in [0.29, 0.717) is 6.67 Å². The second kappa shape index (κ2) is 9.11. The summed E-state index contributed by atoms with van der Waals surface area (Å²) >= 11 is 0. The fourth-order valence-electron chi connectivity index (χ4n) is 4.41. The van der Waals surface area contributed by atoms with Gasteiger partial charge in [0.25, 0.3) is 0 Å². The van der Waals surface area contributed by atoms with E-state index in [2.05, 4.69) is 74.9 Å². The summed E-state index contributed by atoms with van der Waals surface area (Å²) in [5.74, 6) is 0.791. The first kappa shape index (κ1) is 21.9. The predicted molar refractivity (Wildman–Crippen MR) is 136 cm³/mol. The summed E-state index contributed by atoms with van der Waals surface area (Å²) in [4.78, 5) is 9.53. The second-order valence-electron chi connectivity index (χ2n) is 8.46. The van der Waals surface area contributed by atoms with Crippen molar-refractivity contribution in [2.45, 2.75) is 26.8 Å². The Morgan fingerprint density at radius 2 is 1.85 bits per heavy atom. The molecule has 4 heterocycles. The van der Waals surface area contributed by atoms with Crippen molar-refractivity contribution in [3.8, 4) is 22.3 Å². The number of hydrogen-bond donors (Lipinski definition) is 2. The molecule has 2 N–H and O–H groups in total. The number of aryl methyl sites for hydroxylation is 2. The lowest BCUT2D eigenvalue weighted by Crippen LogP contribution is -2.16. The molecule has 0 aliphatic carbocycles. The van der Waals surface area contributed by atoms with E-state index in [-0.39, 0.29) is 6.04 Å². The van der Waals surface area contributed by atoms with Crippen LogP contribution in [0.5, 0.6) is 0 Å². The molecule has 0 spiro atoms. The highest BCUT2D eigenvalue weighted by Gasteiger charge is 2.20. The van der Waals surface area contributed by atoms with E-state index in [4.69, 9.17) is 9.51 Å². The number of fused-ring (bicyclic) bond motifs is 1. The van der Waals surface area contributed by atoms with Gasteiger partial charge in [-0.1, -0.05) is 23.4 Å². The maximum Gasteiger partial charge on any atom is 0.141 e. The molecule has 5 aromatic rings. The van der Waals surface area contributed by atoms with E-state index in [9.17, 15) is 0 Å². The average molecular weight is 453 g/mol. The van der Waals surface area contributed by atoms with Crippen molar-refractivity contribution in [3.63, 3.8) is 0 Å². The summed E-state index contributed by atoms with van der Waals surface area (Å²) in [5.41, 5.74) is 9.12. The van der Waals surface area contributed by atoms with Gasteiger partial charge in [-0.2, -0.15) is 0 Å². The van der Waals surface area contributed by atoms with Crippen molar-refractivity contribution in [3.05, 3.63) is 84.3 Å². The first-order chi connectivity index (χ1) is 16.6. The number of rotatable bonds is 7. The van der Waals surface area contributed by atoms with E-state index in [1.54, 1.807) is 0 Å². The monoisotopic (exact) mass is 452 g/mol. The Bertz CT molecular complexity index is 1400. The largest absolute Gasteiger partial charge is 0.372 e. The Labute approximate surface area is 198 Å². The fraction of sp³-hybridized carbons (Fsp3) is 0.222. The zero-order chi connectivity index (χ0) is 23.7. The SMILES string of the molecule is CNCNc1ccc(-c2cn([C@@H](C)c3ccccn3)c3cc(-c4c(C)noc4C)cnc23)cc1. The van der Waals surface area contributed by atoms with Crippen molar-refractivity contribution >= 4 is 16.7 Å². The third kappa shape index (κ3) is 3.95. The molecule has 7 nitrogen and oxygen atoms in total. The maximum atomic E-state index is 5.42. The Kier molecular flexibility index (Phi) is 5.86. The zero-order valence-electron chi connectivity index (χ0n) is 19.8. The molecular weight excluding hydrogens is 424 g/mol. The van der Waals surface area contributed by atoms with Gasteiger partial charge in [-0.3, -0.25) is 9.97 Å². The summed E-state index contributed by atoms with van der Waals surface area (Å²) in [6.45, 7) is 6.77.